The zero-order valence-corrected chi connectivity index (χ0v) is 20.1. The van der Waals surface area contributed by atoms with Gasteiger partial charge in [0.1, 0.15) is 22.7 Å². The fraction of sp³-hybridized carbons (Fsp3) is 0.308. The molecule has 0 saturated carbocycles. The number of aromatic nitrogens is 3. The highest BCUT2D eigenvalue weighted by molar-refractivity contribution is 5.98. The number of nitrogens with zero attached hydrogens (tertiary/aromatic N) is 5. The lowest BCUT2D eigenvalue weighted by Crippen LogP contribution is -2.50. The van der Waals surface area contributed by atoms with Gasteiger partial charge in [0.05, 0.1) is 11.3 Å². The summed E-state index contributed by atoms with van der Waals surface area (Å²) in [5.41, 5.74) is 0.764. The Hall–Kier alpha value is -4.15. The first-order chi connectivity index (χ1) is 17.8. The number of para-hydroxylation sites is 1. The topological polar surface area (TPSA) is 87.4 Å². The maximum Gasteiger partial charge on any atom is 0.418 e. The molecule has 1 fully saturated rings. The van der Waals surface area contributed by atoms with Crippen LogP contribution in [-0.4, -0.2) is 52.2 Å². The van der Waals surface area contributed by atoms with E-state index in [0.717, 1.165) is 18.1 Å². The van der Waals surface area contributed by atoms with Crippen molar-refractivity contribution in [1.29, 1.82) is 0 Å². The SMILES string of the molecule is CCCc1nc(N2CCN(C(=O)Nc3ccccc3C(F)(F)F)CC2)c2c(-c3ccccc3)noc2n1. The van der Waals surface area contributed by atoms with E-state index in [1.54, 1.807) is 0 Å². The summed E-state index contributed by atoms with van der Waals surface area (Å²) in [6, 6.07) is 14.0. The molecule has 5 rings (SSSR count). The Labute approximate surface area is 211 Å². The molecule has 1 saturated heterocycles. The minimum absolute atomic E-state index is 0.263. The Morgan fingerprint density at radius 2 is 1.70 bits per heavy atom. The maximum absolute atomic E-state index is 13.3. The number of carbonyl (C=O) groups excluding carboxylic acids is 1. The van der Waals surface area contributed by atoms with Gasteiger partial charge in [0.2, 0.25) is 0 Å². The summed E-state index contributed by atoms with van der Waals surface area (Å²) in [5.74, 6) is 1.32. The number of anilines is 2. The lowest BCUT2D eigenvalue weighted by Gasteiger charge is -2.35. The molecule has 0 bridgehead atoms. The average Bonchev–Trinajstić information content (AvgIpc) is 3.33. The zero-order valence-electron chi connectivity index (χ0n) is 20.1. The average molecular weight is 511 g/mol. The molecular weight excluding hydrogens is 485 g/mol. The Morgan fingerprint density at radius 3 is 2.41 bits per heavy atom. The Morgan fingerprint density at radius 1 is 1.00 bits per heavy atom. The number of alkyl halides is 3. The highest BCUT2D eigenvalue weighted by atomic mass is 19.4. The monoisotopic (exact) mass is 510 g/mol. The number of hydrogen-bond acceptors (Lipinski definition) is 6. The molecule has 37 heavy (non-hydrogen) atoms. The lowest BCUT2D eigenvalue weighted by molar-refractivity contribution is -0.136. The van der Waals surface area contributed by atoms with Gasteiger partial charge in [-0.25, -0.2) is 9.78 Å². The zero-order chi connectivity index (χ0) is 26.0. The Bertz CT molecular complexity index is 1400. The van der Waals surface area contributed by atoms with E-state index in [-0.39, 0.29) is 5.69 Å². The molecule has 1 aliphatic rings. The van der Waals surface area contributed by atoms with Crippen LogP contribution in [0.5, 0.6) is 0 Å². The second-order valence-corrected chi connectivity index (χ2v) is 8.74. The molecule has 2 aromatic carbocycles. The fourth-order valence-electron chi connectivity index (χ4n) is 4.39. The summed E-state index contributed by atoms with van der Waals surface area (Å²) >= 11 is 0. The second-order valence-electron chi connectivity index (χ2n) is 8.74. The predicted molar refractivity (Wildman–Crippen MR) is 133 cm³/mol. The molecule has 0 unspecified atom stereocenters. The van der Waals surface area contributed by atoms with E-state index in [0.29, 0.717) is 61.0 Å². The van der Waals surface area contributed by atoms with E-state index in [1.165, 1.54) is 23.1 Å². The summed E-state index contributed by atoms with van der Waals surface area (Å²) in [5, 5.41) is 7.39. The summed E-state index contributed by atoms with van der Waals surface area (Å²) in [6.07, 6.45) is -3.03. The van der Waals surface area contributed by atoms with Crippen LogP contribution in [0.4, 0.5) is 29.5 Å². The van der Waals surface area contributed by atoms with Crippen molar-refractivity contribution in [3.05, 3.63) is 66.0 Å². The molecule has 4 aromatic rings. The number of benzene rings is 2. The van der Waals surface area contributed by atoms with Crippen LogP contribution < -0.4 is 10.2 Å². The lowest BCUT2D eigenvalue weighted by atomic mass is 10.1. The molecule has 11 heteroatoms. The van der Waals surface area contributed by atoms with Crippen molar-refractivity contribution in [1.82, 2.24) is 20.0 Å². The van der Waals surface area contributed by atoms with Crippen molar-refractivity contribution >= 4 is 28.6 Å². The van der Waals surface area contributed by atoms with Gasteiger partial charge in [-0.3, -0.25) is 0 Å². The van der Waals surface area contributed by atoms with Gasteiger partial charge in [0.25, 0.3) is 5.71 Å². The van der Waals surface area contributed by atoms with E-state index < -0.39 is 17.8 Å². The number of carbonyl (C=O) groups is 1. The van der Waals surface area contributed by atoms with Gasteiger partial charge in [0.15, 0.2) is 0 Å². The predicted octanol–water partition coefficient (Wildman–Crippen LogP) is 5.61. The van der Waals surface area contributed by atoms with Crippen molar-refractivity contribution in [2.24, 2.45) is 0 Å². The number of urea groups is 1. The van der Waals surface area contributed by atoms with E-state index in [4.69, 9.17) is 9.51 Å². The molecule has 0 radical (unpaired) electrons. The van der Waals surface area contributed by atoms with Crippen LogP contribution in [0.15, 0.2) is 59.1 Å². The van der Waals surface area contributed by atoms with Crippen LogP contribution >= 0.6 is 0 Å². The molecule has 0 spiro atoms. The van der Waals surface area contributed by atoms with Crippen LogP contribution in [0.3, 0.4) is 0 Å². The van der Waals surface area contributed by atoms with Crippen molar-refractivity contribution in [2.75, 3.05) is 36.4 Å². The normalized spacial score (nSPS) is 14.3. The third-order valence-corrected chi connectivity index (χ3v) is 6.22. The van der Waals surface area contributed by atoms with Gasteiger partial charge in [-0.1, -0.05) is 54.5 Å². The minimum atomic E-state index is -4.56. The van der Waals surface area contributed by atoms with Crippen molar-refractivity contribution in [2.45, 2.75) is 25.9 Å². The van der Waals surface area contributed by atoms with Gasteiger partial charge in [-0.15, -0.1) is 0 Å². The van der Waals surface area contributed by atoms with Gasteiger partial charge in [0, 0.05) is 38.2 Å². The van der Waals surface area contributed by atoms with Crippen LogP contribution in [0.25, 0.3) is 22.4 Å². The molecule has 2 amide bonds. The van der Waals surface area contributed by atoms with Crippen LogP contribution in [-0.2, 0) is 12.6 Å². The van der Waals surface area contributed by atoms with Crippen molar-refractivity contribution in [3.8, 4) is 11.3 Å². The summed E-state index contributed by atoms with van der Waals surface area (Å²) in [7, 11) is 0. The van der Waals surface area contributed by atoms with Gasteiger partial charge in [-0.05, 0) is 18.6 Å². The smallest absolute Gasteiger partial charge is 0.352 e. The second kappa shape index (κ2) is 10.1. The Balaban J connectivity index is 1.38. The largest absolute Gasteiger partial charge is 0.418 e. The number of aryl methyl sites for hydroxylation is 1. The van der Waals surface area contributed by atoms with Crippen LogP contribution in [0, 0.1) is 0 Å². The number of fused-ring (bicyclic) bond motifs is 1. The van der Waals surface area contributed by atoms with Crippen molar-refractivity contribution in [3.63, 3.8) is 0 Å². The third-order valence-electron chi connectivity index (χ3n) is 6.22. The van der Waals surface area contributed by atoms with Gasteiger partial charge < -0.3 is 19.6 Å². The Kier molecular flexibility index (Phi) is 6.68. The number of amides is 2. The number of rotatable bonds is 5. The number of nitrogens with one attached hydrogen (secondary N) is 1. The first-order valence-corrected chi connectivity index (χ1v) is 12.0. The molecule has 1 aliphatic heterocycles. The van der Waals surface area contributed by atoms with Gasteiger partial charge in [-0.2, -0.15) is 18.2 Å². The van der Waals surface area contributed by atoms with E-state index in [1.807, 2.05) is 42.2 Å². The highest BCUT2D eigenvalue weighted by Gasteiger charge is 2.34. The number of piperazine rings is 1. The molecule has 192 valence electrons. The summed E-state index contributed by atoms with van der Waals surface area (Å²) in [4.78, 5) is 25.7. The molecular formula is C26H25F3N6O2. The molecule has 0 atom stereocenters. The van der Waals surface area contributed by atoms with Crippen LogP contribution in [0.2, 0.25) is 0 Å². The first-order valence-electron chi connectivity index (χ1n) is 12.0. The quantitative estimate of drug-likeness (QED) is 0.376. The van der Waals surface area contributed by atoms with Crippen molar-refractivity contribution < 1.29 is 22.5 Å². The van der Waals surface area contributed by atoms with E-state index in [2.05, 4.69) is 15.5 Å². The molecule has 0 aliphatic carbocycles. The molecule has 1 N–H and O–H groups in total. The fourth-order valence-corrected chi connectivity index (χ4v) is 4.39. The first kappa shape index (κ1) is 24.5. The molecule has 2 aromatic heterocycles. The summed E-state index contributed by atoms with van der Waals surface area (Å²) in [6.45, 7) is 3.52. The summed E-state index contributed by atoms with van der Waals surface area (Å²) < 4.78 is 45.6. The van der Waals surface area contributed by atoms with Crippen LogP contribution in [0.1, 0.15) is 24.7 Å². The van der Waals surface area contributed by atoms with Gasteiger partial charge >= 0.3 is 12.2 Å². The third kappa shape index (κ3) is 5.07. The maximum atomic E-state index is 13.3. The number of hydrogen-bond donors (Lipinski definition) is 1. The standard InChI is InChI=1S/C26H25F3N6O2/c1-2-8-20-31-23(21-22(33-37-24(21)32-20)17-9-4-3-5-10-17)34-13-15-35(16-14-34)25(36)30-19-12-7-6-11-18(19)26(27,28)29/h3-7,9-12H,2,8,13-16H2,1H3,(H,30,36). The number of halogens is 3. The molecule has 3 heterocycles. The molecule has 8 nitrogen and oxygen atoms in total. The van der Waals surface area contributed by atoms with E-state index in [9.17, 15) is 18.0 Å². The highest BCUT2D eigenvalue weighted by Crippen LogP contribution is 2.36. The van der Waals surface area contributed by atoms with E-state index >= 15 is 0 Å². The minimum Gasteiger partial charge on any atom is -0.352 e.